The Hall–Kier alpha value is -1.06. The van der Waals surface area contributed by atoms with Gasteiger partial charge in [0.1, 0.15) is 0 Å². The summed E-state index contributed by atoms with van der Waals surface area (Å²) in [6.45, 7) is 4.02. The van der Waals surface area contributed by atoms with Crippen LogP contribution in [0.4, 0.5) is 0 Å². The average molecular weight is 241 g/mol. The van der Waals surface area contributed by atoms with Crippen LogP contribution in [0.1, 0.15) is 52.4 Å². The Labute approximate surface area is 103 Å². The molecule has 0 aromatic rings. The van der Waals surface area contributed by atoms with Gasteiger partial charge in [-0.2, -0.15) is 0 Å². The molecule has 0 bridgehead atoms. The van der Waals surface area contributed by atoms with Gasteiger partial charge in [0.25, 0.3) is 0 Å². The van der Waals surface area contributed by atoms with E-state index in [1.54, 1.807) is 0 Å². The van der Waals surface area contributed by atoms with Crippen LogP contribution in [0, 0.1) is 11.8 Å². The molecule has 0 aliphatic heterocycles. The minimum absolute atomic E-state index is 0.0537. The summed E-state index contributed by atoms with van der Waals surface area (Å²) in [5.41, 5.74) is 0. The molecule has 2 atom stereocenters. The highest BCUT2D eigenvalue weighted by atomic mass is 16.4. The summed E-state index contributed by atoms with van der Waals surface area (Å²) in [5, 5.41) is 12.0. The van der Waals surface area contributed by atoms with Crippen LogP contribution in [0.2, 0.25) is 0 Å². The molecular formula is C13H23NO3. The second-order valence-electron chi connectivity index (χ2n) is 4.92. The predicted molar refractivity (Wildman–Crippen MR) is 65.6 cm³/mol. The minimum atomic E-state index is -0.730. The summed E-state index contributed by atoms with van der Waals surface area (Å²) in [6.07, 6.45) is 4.82. The van der Waals surface area contributed by atoms with E-state index in [0.717, 1.165) is 32.1 Å². The number of carbonyl (C=O) groups is 2. The molecule has 98 valence electrons. The van der Waals surface area contributed by atoms with Gasteiger partial charge in [-0.05, 0) is 32.1 Å². The first-order valence-corrected chi connectivity index (χ1v) is 6.61. The highest BCUT2D eigenvalue weighted by Crippen LogP contribution is 2.25. The molecule has 1 amide bonds. The van der Waals surface area contributed by atoms with Crippen LogP contribution in [0.15, 0.2) is 0 Å². The van der Waals surface area contributed by atoms with Gasteiger partial charge in [0.05, 0.1) is 5.92 Å². The molecule has 1 aliphatic rings. The van der Waals surface area contributed by atoms with Crippen LogP contribution in [0.5, 0.6) is 0 Å². The highest BCUT2D eigenvalue weighted by Gasteiger charge is 2.28. The lowest BCUT2D eigenvalue weighted by molar-refractivity contribution is -0.143. The number of hydrogen-bond donors (Lipinski definition) is 2. The van der Waals surface area contributed by atoms with Crippen molar-refractivity contribution in [2.24, 2.45) is 11.8 Å². The van der Waals surface area contributed by atoms with Gasteiger partial charge in [0.15, 0.2) is 0 Å². The van der Waals surface area contributed by atoms with E-state index >= 15 is 0 Å². The number of carboxylic acid groups (broad SMARTS) is 1. The smallest absolute Gasteiger partial charge is 0.306 e. The van der Waals surface area contributed by atoms with Gasteiger partial charge < -0.3 is 10.4 Å². The summed E-state index contributed by atoms with van der Waals surface area (Å²) < 4.78 is 0. The zero-order chi connectivity index (χ0) is 12.8. The summed E-state index contributed by atoms with van der Waals surface area (Å²) in [7, 11) is 0. The van der Waals surface area contributed by atoms with Crippen LogP contribution in [-0.4, -0.2) is 23.0 Å². The van der Waals surface area contributed by atoms with Crippen molar-refractivity contribution in [3.05, 3.63) is 0 Å². The molecule has 0 aromatic carbocycles. The molecule has 4 nitrogen and oxygen atoms in total. The van der Waals surface area contributed by atoms with Gasteiger partial charge in [-0.1, -0.05) is 20.3 Å². The lowest BCUT2D eigenvalue weighted by atomic mass is 9.85. The van der Waals surface area contributed by atoms with Crippen molar-refractivity contribution in [1.29, 1.82) is 0 Å². The Morgan fingerprint density at radius 1 is 1.29 bits per heavy atom. The van der Waals surface area contributed by atoms with Gasteiger partial charge in [-0.25, -0.2) is 0 Å². The van der Waals surface area contributed by atoms with Crippen molar-refractivity contribution < 1.29 is 14.7 Å². The van der Waals surface area contributed by atoms with E-state index in [-0.39, 0.29) is 23.8 Å². The lowest BCUT2D eigenvalue weighted by Crippen LogP contribution is -2.42. The van der Waals surface area contributed by atoms with Crippen LogP contribution in [0.3, 0.4) is 0 Å². The average Bonchev–Trinajstić information content (AvgIpc) is 2.30. The van der Waals surface area contributed by atoms with Gasteiger partial charge in [-0.15, -0.1) is 0 Å². The first kappa shape index (κ1) is 14.0. The van der Waals surface area contributed by atoms with E-state index < -0.39 is 5.97 Å². The number of rotatable bonds is 5. The van der Waals surface area contributed by atoms with Crippen LogP contribution >= 0.6 is 0 Å². The molecule has 0 radical (unpaired) electrons. The molecule has 0 saturated heterocycles. The maximum absolute atomic E-state index is 11.9. The van der Waals surface area contributed by atoms with Crippen LogP contribution in [0.25, 0.3) is 0 Å². The standard InChI is InChI=1S/C13H23NO3/c1-3-9(4-2)12(15)14-11-7-5-6-10(8-11)13(16)17/h9-11H,3-8H2,1-2H3,(H,14,15)(H,16,17). The molecule has 4 heteroatoms. The maximum atomic E-state index is 11.9. The number of amides is 1. The molecule has 1 rings (SSSR count). The van der Waals surface area contributed by atoms with Gasteiger partial charge in [0, 0.05) is 12.0 Å². The Balaban J connectivity index is 2.45. The summed E-state index contributed by atoms with van der Waals surface area (Å²) >= 11 is 0. The monoisotopic (exact) mass is 241 g/mol. The molecule has 1 aliphatic carbocycles. The summed E-state index contributed by atoms with van der Waals surface area (Å²) in [4.78, 5) is 22.8. The highest BCUT2D eigenvalue weighted by molar-refractivity contribution is 5.79. The first-order chi connectivity index (χ1) is 8.08. The van der Waals surface area contributed by atoms with E-state index in [9.17, 15) is 9.59 Å². The van der Waals surface area contributed by atoms with E-state index in [1.165, 1.54) is 0 Å². The third-order valence-electron chi connectivity index (χ3n) is 3.73. The van der Waals surface area contributed by atoms with Crippen molar-refractivity contribution in [2.45, 2.75) is 58.4 Å². The van der Waals surface area contributed by atoms with Crippen molar-refractivity contribution in [1.82, 2.24) is 5.32 Å². The van der Waals surface area contributed by atoms with Crippen molar-refractivity contribution in [3.8, 4) is 0 Å². The largest absolute Gasteiger partial charge is 0.481 e. The van der Waals surface area contributed by atoms with E-state index in [2.05, 4.69) is 5.32 Å². The quantitative estimate of drug-likeness (QED) is 0.775. The van der Waals surface area contributed by atoms with Gasteiger partial charge in [-0.3, -0.25) is 9.59 Å². The molecule has 2 N–H and O–H groups in total. The molecule has 1 saturated carbocycles. The van der Waals surface area contributed by atoms with Gasteiger partial charge >= 0.3 is 5.97 Å². The van der Waals surface area contributed by atoms with Crippen molar-refractivity contribution in [3.63, 3.8) is 0 Å². The van der Waals surface area contributed by atoms with Gasteiger partial charge in [0.2, 0.25) is 5.91 Å². The minimum Gasteiger partial charge on any atom is -0.481 e. The fourth-order valence-electron chi connectivity index (χ4n) is 2.52. The molecular weight excluding hydrogens is 218 g/mol. The lowest BCUT2D eigenvalue weighted by Gasteiger charge is -2.28. The topological polar surface area (TPSA) is 66.4 Å². The molecule has 0 spiro atoms. The predicted octanol–water partition coefficient (Wildman–Crippen LogP) is 2.18. The number of carbonyl (C=O) groups excluding carboxylic acids is 1. The zero-order valence-corrected chi connectivity index (χ0v) is 10.7. The van der Waals surface area contributed by atoms with E-state index in [0.29, 0.717) is 6.42 Å². The fourth-order valence-corrected chi connectivity index (χ4v) is 2.52. The van der Waals surface area contributed by atoms with E-state index in [4.69, 9.17) is 5.11 Å². The molecule has 2 unspecified atom stereocenters. The number of nitrogens with one attached hydrogen (secondary N) is 1. The number of aliphatic carboxylic acids is 1. The Bertz CT molecular complexity index is 274. The number of hydrogen-bond acceptors (Lipinski definition) is 2. The second kappa shape index (κ2) is 6.62. The molecule has 0 heterocycles. The SMILES string of the molecule is CCC(CC)C(=O)NC1CCCC(C(=O)O)C1. The maximum Gasteiger partial charge on any atom is 0.306 e. The second-order valence-corrected chi connectivity index (χ2v) is 4.92. The van der Waals surface area contributed by atoms with Crippen LogP contribution in [-0.2, 0) is 9.59 Å². The Morgan fingerprint density at radius 2 is 1.94 bits per heavy atom. The number of carboxylic acids is 1. The van der Waals surface area contributed by atoms with Crippen molar-refractivity contribution >= 4 is 11.9 Å². The normalized spacial score (nSPS) is 24.6. The van der Waals surface area contributed by atoms with Crippen molar-refractivity contribution in [2.75, 3.05) is 0 Å². The van der Waals surface area contributed by atoms with Crippen LogP contribution < -0.4 is 5.32 Å². The third-order valence-corrected chi connectivity index (χ3v) is 3.73. The Morgan fingerprint density at radius 3 is 2.47 bits per heavy atom. The summed E-state index contributed by atoms with van der Waals surface area (Å²) in [5.74, 6) is -0.853. The first-order valence-electron chi connectivity index (χ1n) is 6.61. The third kappa shape index (κ3) is 4.02. The zero-order valence-electron chi connectivity index (χ0n) is 10.7. The summed E-state index contributed by atoms with van der Waals surface area (Å²) in [6, 6.07) is 0.0537. The molecule has 17 heavy (non-hydrogen) atoms. The molecule has 0 aromatic heterocycles. The Kier molecular flexibility index (Phi) is 5.45. The molecule has 1 fully saturated rings. The fraction of sp³-hybridized carbons (Fsp3) is 0.846. The van der Waals surface area contributed by atoms with E-state index in [1.807, 2.05) is 13.8 Å².